The molecule has 0 fully saturated rings. The standard InChI is InChI=1S/C19H13ClFNO2/c1-24-16-7-5-12-9-14(19(20)22-17(12)11-16)6-8-18(23)13-3-2-4-15(21)10-13/h2-11H,1H3/b8-6+. The zero-order chi connectivity index (χ0) is 17.1. The Morgan fingerprint density at radius 1 is 1.21 bits per heavy atom. The average Bonchev–Trinajstić information content (AvgIpc) is 2.59. The third-order valence-corrected chi connectivity index (χ3v) is 3.83. The molecule has 0 spiro atoms. The van der Waals surface area contributed by atoms with Crippen LogP contribution in [0, 0.1) is 5.82 Å². The predicted octanol–water partition coefficient (Wildman–Crippen LogP) is 4.93. The molecular formula is C19H13ClFNO2. The molecule has 3 nitrogen and oxygen atoms in total. The second-order valence-corrected chi connectivity index (χ2v) is 5.49. The number of pyridine rings is 1. The van der Waals surface area contributed by atoms with Crippen LogP contribution >= 0.6 is 11.6 Å². The van der Waals surface area contributed by atoms with E-state index in [-0.39, 0.29) is 16.5 Å². The highest BCUT2D eigenvalue weighted by molar-refractivity contribution is 6.31. The van der Waals surface area contributed by atoms with E-state index in [2.05, 4.69) is 4.98 Å². The van der Waals surface area contributed by atoms with Gasteiger partial charge in [0.05, 0.1) is 12.6 Å². The second-order valence-electron chi connectivity index (χ2n) is 5.13. The van der Waals surface area contributed by atoms with Gasteiger partial charge in [0, 0.05) is 22.6 Å². The summed E-state index contributed by atoms with van der Waals surface area (Å²) in [6.07, 6.45) is 2.93. The van der Waals surface area contributed by atoms with Crippen molar-refractivity contribution in [2.45, 2.75) is 0 Å². The summed E-state index contributed by atoms with van der Waals surface area (Å²) in [7, 11) is 1.58. The lowest BCUT2D eigenvalue weighted by Crippen LogP contribution is -1.95. The Kier molecular flexibility index (Phi) is 4.58. The van der Waals surface area contributed by atoms with Crippen LogP contribution in [-0.4, -0.2) is 17.9 Å². The molecule has 0 bridgehead atoms. The molecule has 1 heterocycles. The van der Waals surface area contributed by atoms with Crippen molar-refractivity contribution in [2.75, 3.05) is 7.11 Å². The van der Waals surface area contributed by atoms with Gasteiger partial charge in [-0.25, -0.2) is 9.37 Å². The van der Waals surface area contributed by atoms with Crippen molar-refractivity contribution in [1.82, 2.24) is 4.98 Å². The molecule has 0 aliphatic heterocycles. The SMILES string of the molecule is COc1ccc2cc(/C=C/C(=O)c3cccc(F)c3)c(Cl)nc2c1. The lowest BCUT2D eigenvalue weighted by molar-refractivity contribution is 0.104. The predicted molar refractivity (Wildman–Crippen MR) is 93.1 cm³/mol. The number of ketones is 1. The number of hydrogen-bond donors (Lipinski definition) is 0. The quantitative estimate of drug-likeness (QED) is 0.383. The average molecular weight is 342 g/mol. The van der Waals surface area contributed by atoms with Crippen molar-refractivity contribution in [3.63, 3.8) is 0 Å². The Hall–Kier alpha value is -2.72. The molecule has 0 radical (unpaired) electrons. The minimum atomic E-state index is -0.450. The Balaban J connectivity index is 1.91. The minimum absolute atomic E-state index is 0.277. The molecule has 24 heavy (non-hydrogen) atoms. The molecule has 0 N–H and O–H groups in total. The van der Waals surface area contributed by atoms with Gasteiger partial charge in [0.15, 0.2) is 5.78 Å². The van der Waals surface area contributed by atoms with Crippen molar-refractivity contribution >= 4 is 34.4 Å². The van der Waals surface area contributed by atoms with Gasteiger partial charge in [-0.1, -0.05) is 23.7 Å². The number of halogens is 2. The number of methoxy groups -OCH3 is 1. The van der Waals surface area contributed by atoms with Crippen LogP contribution in [0.2, 0.25) is 5.15 Å². The lowest BCUT2D eigenvalue weighted by atomic mass is 10.1. The lowest BCUT2D eigenvalue weighted by Gasteiger charge is -2.04. The Morgan fingerprint density at radius 3 is 2.79 bits per heavy atom. The number of allylic oxidation sites excluding steroid dienone is 1. The summed E-state index contributed by atoms with van der Waals surface area (Å²) in [6, 6.07) is 12.8. The number of benzene rings is 2. The van der Waals surface area contributed by atoms with Gasteiger partial charge in [-0.15, -0.1) is 0 Å². The highest BCUT2D eigenvalue weighted by atomic mass is 35.5. The fourth-order valence-corrected chi connectivity index (χ4v) is 2.50. The fourth-order valence-electron chi connectivity index (χ4n) is 2.29. The highest BCUT2D eigenvalue weighted by Gasteiger charge is 2.06. The first-order valence-electron chi connectivity index (χ1n) is 7.19. The number of fused-ring (bicyclic) bond motifs is 1. The normalized spacial score (nSPS) is 11.1. The van der Waals surface area contributed by atoms with Crippen LogP contribution in [0.25, 0.3) is 17.0 Å². The van der Waals surface area contributed by atoms with E-state index >= 15 is 0 Å². The number of rotatable bonds is 4. The number of carbonyl (C=O) groups is 1. The van der Waals surface area contributed by atoms with E-state index in [0.29, 0.717) is 16.8 Å². The van der Waals surface area contributed by atoms with E-state index in [1.54, 1.807) is 25.3 Å². The van der Waals surface area contributed by atoms with Crippen LogP contribution in [0.15, 0.2) is 54.6 Å². The van der Waals surface area contributed by atoms with Crippen LogP contribution in [0.4, 0.5) is 4.39 Å². The van der Waals surface area contributed by atoms with E-state index in [1.165, 1.54) is 24.3 Å². The molecule has 120 valence electrons. The van der Waals surface area contributed by atoms with Crippen molar-refractivity contribution in [3.05, 3.63) is 76.7 Å². The van der Waals surface area contributed by atoms with E-state index in [1.807, 2.05) is 18.2 Å². The zero-order valence-electron chi connectivity index (χ0n) is 12.8. The summed E-state index contributed by atoms with van der Waals surface area (Å²) in [5, 5.41) is 1.15. The number of aromatic nitrogens is 1. The van der Waals surface area contributed by atoms with Crippen molar-refractivity contribution in [2.24, 2.45) is 0 Å². The number of nitrogens with zero attached hydrogens (tertiary/aromatic N) is 1. The number of hydrogen-bond acceptors (Lipinski definition) is 3. The summed E-state index contributed by atoms with van der Waals surface area (Å²) in [5.41, 5.74) is 1.59. The first-order valence-corrected chi connectivity index (χ1v) is 7.57. The maximum absolute atomic E-state index is 13.2. The minimum Gasteiger partial charge on any atom is -0.497 e. The molecule has 0 amide bonds. The molecule has 2 aromatic carbocycles. The summed E-state index contributed by atoms with van der Waals surface area (Å²) in [6.45, 7) is 0. The van der Waals surface area contributed by atoms with Gasteiger partial charge in [-0.3, -0.25) is 4.79 Å². The van der Waals surface area contributed by atoms with Gasteiger partial charge >= 0.3 is 0 Å². The smallest absolute Gasteiger partial charge is 0.185 e. The Labute approximate surface area is 143 Å². The molecule has 0 unspecified atom stereocenters. The van der Waals surface area contributed by atoms with Crippen molar-refractivity contribution in [1.29, 1.82) is 0 Å². The topological polar surface area (TPSA) is 39.2 Å². The number of ether oxygens (including phenoxy) is 1. The molecule has 0 aliphatic carbocycles. The van der Waals surface area contributed by atoms with E-state index in [0.717, 1.165) is 5.39 Å². The summed E-state index contributed by atoms with van der Waals surface area (Å²) >= 11 is 6.18. The molecule has 0 saturated carbocycles. The Morgan fingerprint density at radius 2 is 2.04 bits per heavy atom. The van der Waals surface area contributed by atoms with Gasteiger partial charge < -0.3 is 4.74 Å². The van der Waals surface area contributed by atoms with Crippen molar-refractivity contribution in [3.8, 4) is 5.75 Å². The maximum atomic E-state index is 13.2. The molecular weight excluding hydrogens is 329 g/mol. The van der Waals surface area contributed by atoms with Crippen LogP contribution in [0.5, 0.6) is 5.75 Å². The Bertz CT molecular complexity index is 953. The molecule has 1 aromatic heterocycles. The van der Waals surface area contributed by atoms with E-state index in [4.69, 9.17) is 16.3 Å². The first-order chi connectivity index (χ1) is 11.6. The van der Waals surface area contributed by atoms with Gasteiger partial charge in [-0.05, 0) is 42.5 Å². The zero-order valence-corrected chi connectivity index (χ0v) is 13.5. The van der Waals surface area contributed by atoms with Crippen LogP contribution < -0.4 is 4.74 Å². The second kappa shape index (κ2) is 6.81. The van der Waals surface area contributed by atoms with Crippen LogP contribution in [0.3, 0.4) is 0 Å². The molecule has 0 atom stereocenters. The van der Waals surface area contributed by atoms with Crippen LogP contribution in [0.1, 0.15) is 15.9 Å². The summed E-state index contributed by atoms with van der Waals surface area (Å²) < 4.78 is 18.3. The highest BCUT2D eigenvalue weighted by Crippen LogP contribution is 2.25. The molecule has 3 rings (SSSR count). The molecule has 0 aliphatic rings. The molecule has 3 aromatic rings. The van der Waals surface area contributed by atoms with Gasteiger partial charge in [-0.2, -0.15) is 0 Å². The number of carbonyl (C=O) groups excluding carboxylic acids is 1. The van der Waals surface area contributed by atoms with Crippen molar-refractivity contribution < 1.29 is 13.9 Å². The first kappa shape index (κ1) is 16.1. The van der Waals surface area contributed by atoms with Gasteiger partial charge in [0.1, 0.15) is 16.7 Å². The molecule has 5 heteroatoms. The third-order valence-electron chi connectivity index (χ3n) is 3.53. The van der Waals surface area contributed by atoms with E-state index < -0.39 is 5.82 Å². The monoisotopic (exact) mass is 341 g/mol. The molecule has 0 saturated heterocycles. The van der Waals surface area contributed by atoms with Gasteiger partial charge in [0.2, 0.25) is 0 Å². The fraction of sp³-hybridized carbons (Fsp3) is 0.0526. The summed E-state index contributed by atoms with van der Waals surface area (Å²) in [4.78, 5) is 16.4. The maximum Gasteiger partial charge on any atom is 0.185 e. The van der Waals surface area contributed by atoms with Crippen LogP contribution in [-0.2, 0) is 0 Å². The summed E-state index contributed by atoms with van der Waals surface area (Å²) in [5.74, 6) is -0.0652. The third kappa shape index (κ3) is 3.44. The largest absolute Gasteiger partial charge is 0.497 e. The van der Waals surface area contributed by atoms with Gasteiger partial charge in [0.25, 0.3) is 0 Å². The van der Waals surface area contributed by atoms with E-state index in [9.17, 15) is 9.18 Å².